The number of ether oxygens (including phenoxy) is 1. The molecule has 148 valence electrons. The Bertz CT molecular complexity index is 1050. The minimum atomic E-state index is -0.686. The molecule has 0 spiro atoms. The van der Waals surface area contributed by atoms with E-state index in [9.17, 15) is 9.59 Å². The fourth-order valence-corrected chi connectivity index (χ4v) is 3.43. The van der Waals surface area contributed by atoms with E-state index in [1.807, 2.05) is 31.2 Å². The molecule has 1 unspecified atom stereocenters. The molecule has 2 amide bonds. The van der Waals surface area contributed by atoms with Crippen molar-refractivity contribution in [3.05, 3.63) is 82.2 Å². The molecular weight excluding hydrogens is 438 g/mol. The van der Waals surface area contributed by atoms with Gasteiger partial charge in [-0.05, 0) is 48.9 Å². The van der Waals surface area contributed by atoms with Crippen LogP contribution in [0.4, 0.5) is 5.69 Å². The van der Waals surface area contributed by atoms with E-state index in [4.69, 9.17) is 9.15 Å². The number of fused-ring (bicyclic) bond motifs is 1. The lowest BCUT2D eigenvalue weighted by molar-refractivity contribution is -0.127. The van der Waals surface area contributed by atoms with Gasteiger partial charge in [0, 0.05) is 10.2 Å². The first-order valence-corrected chi connectivity index (χ1v) is 9.73. The number of benzene rings is 2. The Morgan fingerprint density at radius 3 is 2.83 bits per heavy atom. The number of hydrogen-bond acceptors (Lipinski definition) is 5. The van der Waals surface area contributed by atoms with Gasteiger partial charge in [-0.3, -0.25) is 15.0 Å². The first kappa shape index (κ1) is 19.1. The first-order valence-electron chi connectivity index (χ1n) is 8.94. The summed E-state index contributed by atoms with van der Waals surface area (Å²) in [4.78, 5) is 25.6. The van der Waals surface area contributed by atoms with Crippen molar-refractivity contribution in [2.75, 3.05) is 11.9 Å². The Balaban J connectivity index is 1.55. The van der Waals surface area contributed by atoms with Gasteiger partial charge in [-0.25, -0.2) is 5.01 Å². The van der Waals surface area contributed by atoms with Crippen LogP contribution in [0.15, 0.2) is 69.8 Å². The number of carbonyl (C=O) groups excluding carboxylic acids is 2. The van der Waals surface area contributed by atoms with Gasteiger partial charge in [0.25, 0.3) is 11.8 Å². The van der Waals surface area contributed by atoms with Crippen LogP contribution in [0.3, 0.4) is 0 Å². The van der Waals surface area contributed by atoms with E-state index in [2.05, 4.69) is 26.7 Å². The van der Waals surface area contributed by atoms with Crippen LogP contribution in [0.1, 0.15) is 27.8 Å². The summed E-state index contributed by atoms with van der Waals surface area (Å²) in [6.07, 6.45) is 0.827. The second kappa shape index (κ2) is 8.00. The monoisotopic (exact) mass is 455 g/mol. The molecule has 2 N–H and O–H groups in total. The molecule has 1 aliphatic rings. The SMILES string of the molecule is Cc1ccccc1OCC(=O)NN1C(=O)c2cc(Br)ccc2NC1c1ccco1. The van der Waals surface area contributed by atoms with E-state index in [0.29, 0.717) is 22.8 Å². The van der Waals surface area contributed by atoms with Gasteiger partial charge in [0.1, 0.15) is 11.5 Å². The smallest absolute Gasteiger partial charge is 0.276 e. The quantitative estimate of drug-likeness (QED) is 0.606. The van der Waals surface area contributed by atoms with Crippen LogP contribution in [0.2, 0.25) is 0 Å². The second-order valence-electron chi connectivity index (χ2n) is 6.52. The normalized spacial score (nSPS) is 15.4. The zero-order valence-corrected chi connectivity index (χ0v) is 17.1. The predicted molar refractivity (Wildman–Crippen MR) is 110 cm³/mol. The highest BCUT2D eigenvalue weighted by Crippen LogP contribution is 2.33. The van der Waals surface area contributed by atoms with Crippen LogP contribution in [0.5, 0.6) is 5.75 Å². The standard InChI is InChI=1S/C21H18BrN3O4/c1-13-5-2-3-6-17(13)29-12-19(26)24-25-20(18-7-4-10-28-18)23-16-9-8-14(22)11-15(16)21(25)27/h2-11,20,23H,12H2,1H3,(H,24,26). The number of halogens is 1. The maximum atomic E-state index is 13.1. The average Bonchev–Trinajstić information content (AvgIpc) is 3.24. The number of amides is 2. The van der Waals surface area contributed by atoms with Crippen molar-refractivity contribution in [2.24, 2.45) is 0 Å². The zero-order valence-electron chi connectivity index (χ0n) is 15.5. The van der Waals surface area contributed by atoms with E-state index in [0.717, 1.165) is 10.0 Å². The lowest BCUT2D eigenvalue weighted by atomic mass is 10.1. The molecule has 29 heavy (non-hydrogen) atoms. The summed E-state index contributed by atoms with van der Waals surface area (Å²) in [6.45, 7) is 1.66. The lowest BCUT2D eigenvalue weighted by Gasteiger charge is -2.36. The number of para-hydroxylation sites is 1. The van der Waals surface area contributed by atoms with Gasteiger partial charge in [-0.15, -0.1) is 0 Å². The Hall–Kier alpha value is -3.26. The van der Waals surface area contributed by atoms with Crippen LogP contribution in [-0.4, -0.2) is 23.4 Å². The highest BCUT2D eigenvalue weighted by Gasteiger charge is 2.36. The lowest BCUT2D eigenvalue weighted by Crippen LogP contribution is -2.53. The molecule has 0 bridgehead atoms. The van der Waals surface area contributed by atoms with Crippen molar-refractivity contribution in [2.45, 2.75) is 13.1 Å². The molecular formula is C21H18BrN3O4. The van der Waals surface area contributed by atoms with E-state index < -0.39 is 12.1 Å². The number of furan rings is 1. The van der Waals surface area contributed by atoms with E-state index in [1.165, 1.54) is 11.3 Å². The summed E-state index contributed by atoms with van der Waals surface area (Å²) in [5, 5.41) is 4.45. The number of nitrogens with zero attached hydrogens (tertiary/aromatic N) is 1. The minimum absolute atomic E-state index is 0.231. The molecule has 0 saturated carbocycles. The third-order valence-electron chi connectivity index (χ3n) is 4.49. The van der Waals surface area contributed by atoms with E-state index in [-0.39, 0.29) is 12.5 Å². The first-order chi connectivity index (χ1) is 14.0. The maximum Gasteiger partial charge on any atom is 0.276 e. The second-order valence-corrected chi connectivity index (χ2v) is 7.43. The fourth-order valence-electron chi connectivity index (χ4n) is 3.07. The number of anilines is 1. The van der Waals surface area contributed by atoms with E-state index >= 15 is 0 Å². The molecule has 0 fully saturated rings. The van der Waals surface area contributed by atoms with Crippen LogP contribution in [0.25, 0.3) is 0 Å². The van der Waals surface area contributed by atoms with Crippen LogP contribution in [0, 0.1) is 6.92 Å². The topological polar surface area (TPSA) is 83.8 Å². The molecule has 1 atom stereocenters. The number of hydrazine groups is 1. The predicted octanol–water partition coefficient (Wildman–Crippen LogP) is 4.03. The molecule has 0 radical (unpaired) electrons. The summed E-state index contributed by atoms with van der Waals surface area (Å²) >= 11 is 3.38. The summed E-state index contributed by atoms with van der Waals surface area (Å²) < 4.78 is 11.8. The van der Waals surface area contributed by atoms with Crippen molar-refractivity contribution in [3.8, 4) is 5.75 Å². The van der Waals surface area contributed by atoms with E-state index in [1.54, 1.807) is 30.3 Å². The average molecular weight is 456 g/mol. The number of hydrogen-bond donors (Lipinski definition) is 2. The van der Waals surface area contributed by atoms with Gasteiger partial charge in [-0.2, -0.15) is 0 Å². The van der Waals surface area contributed by atoms with Gasteiger partial charge < -0.3 is 14.5 Å². The largest absolute Gasteiger partial charge is 0.483 e. The summed E-state index contributed by atoms with van der Waals surface area (Å²) in [6, 6.07) is 16.2. The molecule has 8 heteroatoms. The van der Waals surface area contributed by atoms with Crippen molar-refractivity contribution < 1.29 is 18.7 Å². The summed E-state index contributed by atoms with van der Waals surface area (Å²) in [7, 11) is 0. The van der Waals surface area contributed by atoms with Gasteiger partial charge in [-0.1, -0.05) is 34.1 Å². The van der Waals surface area contributed by atoms with Crippen molar-refractivity contribution in [1.82, 2.24) is 10.4 Å². The third kappa shape index (κ3) is 3.97. The molecule has 7 nitrogen and oxygen atoms in total. The van der Waals surface area contributed by atoms with Crippen molar-refractivity contribution in [1.29, 1.82) is 0 Å². The Morgan fingerprint density at radius 2 is 2.07 bits per heavy atom. The Morgan fingerprint density at radius 1 is 1.24 bits per heavy atom. The minimum Gasteiger partial charge on any atom is -0.483 e. The molecule has 4 rings (SSSR count). The van der Waals surface area contributed by atoms with Crippen LogP contribution < -0.4 is 15.5 Å². The van der Waals surface area contributed by atoms with Crippen molar-refractivity contribution >= 4 is 33.4 Å². The Labute approximate surface area is 175 Å². The molecule has 0 aliphatic carbocycles. The molecule has 1 aliphatic heterocycles. The third-order valence-corrected chi connectivity index (χ3v) is 4.98. The number of rotatable bonds is 5. The van der Waals surface area contributed by atoms with Gasteiger partial charge >= 0.3 is 0 Å². The molecule has 1 aromatic heterocycles. The highest BCUT2D eigenvalue weighted by molar-refractivity contribution is 9.10. The Kier molecular flexibility index (Phi) is 5.26. The number of nitrogens with one attached hydrogen (secondary N) is 2. The van der Waals surface area contributed by atoms with Crippen LogP contribution >= 0.6 is 15.9 Å². The zero-order chi connectivity index (χ0) is 20.4. The highest BCUT2D eigenvalue weighted by atomic mass is 79.9. The number of carbonyl (C=O) groups is 2. The summed E-state index contributed by atoms with van der Waals surface area (Å²) in [5.74, 6) is 0.291. The fraction of sp³-hybridized carbons (Fsp3) is 0.143. The maximum absolute atomic E-state index is 13.1. The van der Waals surface area contributed by atoms with Gasteiger partial charge in [0.2, 0.25) is 0 Å². The van der Waals surface area contributed by atoms with Gasteiger partial charge in [0.15, 0.2) is 12.8 Å². The number of aryl methyl sites for hydroxylation is 1. The summed E-state index contributed by atoms with van der Waals surface area (Å²) in [5.41, 5.74) is 4.65. The van der Waals surface area contributed by atoms with Crippen molar-refractivity contribution in [3.63, 3.8) is 0 Å². The van der Waals surface area contributed by atoms with Crippen LogP contribution in [-0.2, 0) is 4.79 Å². The molecule has 3 aromatic rings. The molecule has 2 heterocycles. The molecule has 0 saturated heterocycles. The molecule has 2 aromatic carbocycles. The van der Waals surface area contributed by atoms with Gasteiger partial charge in [0.05, 0.1) is 11.8 Å².